The maximum Gasteiger partial charge on any atom is 0.320 e. The summed E-state index contributed by atoms with van der Waals surface area (Å²) in [6.45, 7) is 4.76. The van der Waals surface area contributed by atoms with Crippen LogP contribution in [0.3, 0.4) is 0 Å². The van der Waals surface area contributed by atoms with Crippen LogP contribution < -0.4 is 4.74 Å². The largest absolute Gasteiger partial charge is 0.496 e. The van der Waals surface area contributed by atoms with Gasteiger partial charge in [0.05, 0.1) is 17.6 Å². The van der Waals surface area contributed by atoms with Crippen molar-refractivity contribution in [1.29, 1.82) is 0 Å². The van der Waals surface area contributed by atoms with Crippen molar-refractivity contribution in [3.63, 3.8) is 0 Å². The molecule has 2 aromatic carbocycles. The second kappa shape index (κ2) is 8.88. The second-order valence-electron chi connectivity index (χ2n) is 6.11. The highest BCUT2D eigenvalue weighted by Crippen LogP contribution is 2.33. The Morgan fingerprint density at radius 2 is 1.93 bits per heavy atom. The summed E-state index contributed by atoms with van der Waals surface area (Å²) in [6.07, 6.45) is 0. The molecule has 8 heteroatoms. The van der Waals surface area contributed by atoms with Gasteiger partial charge in [0.15, 0.2) is 18.1 Å². The first-order valence-corrected chi connectivity index (χ1v) is 9.87. The van der Waals surface area contributed by atoms with Gasteiger partial charge >= 0.3 is 5.69 Å². The molecule has 3 aromatic rings. The number of aromatic nitrogens is 3. The van der Waals surface area contributed by atoms with Crippen LogP contribution in [-0.2, 0) is 17.1 Å². The maximum absolute atomic E-state index is 12.0. The summed E-state index contributed by atoms with van der Waals surface area (Å²) in [5.74, 6) is 2.09. The minimum Gasteiger partial charge on any atom is -0.496 e. The molecule has 0 unspecified atom stereocenters. The van der Waals surface area contributed by atoms with Crippen LogP contribution >= 0.6 is 11.8 Å². The van der Waals surface area contributed by atoms with Gasteiger partial charge in [-0.05, 0) is 32.0 Å². The van der Waals surface area contributed by atoms with Gasteiger partial charge in [-0.1, -0.05) is 35.5 Å². The Balaban J connectivity index is 1.90. The van der Waals surface area contributed by atoms with Crippen molar-refractivity contribution in [1.82, 2.24) is 14.8 Å². The van der Waals surface area contributed by atoms with Crippen LogP contribution in [0.4, 0.5) is 5.69 Å². The highest BCUT2D eigenvalue weighted by Gasteiger charge is 2.22. The summed E-state index contributed by atoms with van der Waals surface area (Å²) >= 11 is 1.53. The van der Waals surface area contributed by atoms with Gasteiger partial charge in [0.25, 0.3) is 4.92 Å². The molecule has 0 atom stereocenters. The Bertz CT molecular complexity index is 987. The Hall–Kier alpha value is -2.87. The highest BCUT2D eigenvalue weighted by atomic mass is 32.2. The van der Waals surface area contributed by atoms with Gasteiger partial charge < -0.3 is 9.30 Å². The van der Waals surface area contributed by atoms with Crippen LogP contribution in [0.2, 0.25) is 0 Å². The molecule has 0 aliphatic heterocycles. The summed E-state index contributed by atoms with van der Waals surface area (Å²) < 4.78 is 7.51. The minimum atomic E-state index is 0.494. The van der Waals surface area contributed by atoms with Crippen LogP contribution in [0.5, 0.6) is 5.75 Å². The van der Waals surface area contributed by atoms with Gasteiger partial charge in [-0.2, -0.15) is 0 Å². The monoisotopic (exact) mass is 399 g/mol. The molecule has 0 bridgehead atoms. The van der Waals surface area contributed by atoms with Crippen LogP contribution in [0.1, 0.15) is 18.1 Å². The Kier molecular flexibility index (Phi) is 6.30. The zero-order chi connectivity index (χ0) is 20.1. The number of rotatable bonds is 8. The molecule has 0 aliphatic rings. The first-order valence-electron chi connectivity index (χ1n) is 8.89. The summed E-state index contributed by atoms with van der Waals surface area (Å²) in [5, 5.41) is 9.54. The van der Waals surface area contributed by atoms with Crippen LogP contribution in [0, 0.1) is 11.8 Å². The third-order valence-electron chi connectivity index (χ3n) is 4.34. The fourth-order valence-corrected chi connectivity index (χ4v) is 3.94. The van der Waals surface area contributed by atoms with Crippen molar-refractivity contribution in [2.24, 2.45) is 0 Å². The molecule has 7 nitrogen and oxygen atoms in total. The fourth-order valence-electron chi connectivity index (χ4n) is 2.96. The lowest BCUT2D eigenvalue weighted by Gasteiger charge is -2.10. The molecule has 0 saturated heterocycles. The van der Waals surface area contributed by atoms with Crippen molar-refractivity contribution in [3.05, 3.63) is 58.5 Å². The first kappa shape index (κ1) is 19.9. The van der Waals surface area contributed by atoms with Gasteiger partial charge in [0.1, 0.15) is 5.75 Å². The number of thioether (sulfide) groups is 1. The summed E-state index contributed by atoms with van der Waals surface area (Å²) in [7, 11) is 3.00. The van der Waals surface area contributed by atoms with Gasteiger partial charge in [0.2, 0.25) is 0 Å². The molecule has 0 N–H and O–H groups in total. The topological polar surface area (TPSA) is 69.2 Å². The lowest BCUT2D eigenvalue weighted by molar-refractivity contribution is -0.737. The molecule has 0 radical (unpaired) electrons. The number of hydrogen-bond donors (Lipinski definition) is 0. The number of aryl methyl sites for hydroxylation is 1. The SMILES string of the molecule is CCn1c(SCc2cc(C)ccc2[N+](=O)OC)nnc1-c1ccccc1OC. The molecule has 1 aromatic heterocycles. The van der Waals surface area contributed by atoms with Crippen molar-refractivity contribution in [2.45, 2.75) is 31.3 Å². The standard InChI is InChI=1S/C20H23N4O3S/c1-5-23-19(16-8-6-7-9-18(16)26-3)21-22-20(23)28-13-15-12-14(2)10-11-17(15)24(25)27-4/h6-12H,5,13H2,1-4H3/q+1. The Morgan fingerprint density at radius 1 is 1.14 bits per heavy atom. The van der Waals surface area contributed by atoms with E-state index in [1.807, 2.05) is 47.9 Å². The Labute approximate surface area is 168 Å². The first-order chi connectivity index (χ1) is 13.6. The number of ether oxygens (including phenoxy) is 1. The van der Waals surface area contributed by atoms with Crippen molar-refractivity contribution < 1.29 is 14.5 Å². The summed E-state index contributed by atoms with van der Waals surface area (Å²) in [5.41, 5.74) is 3.35. The third-order valence-corrected chi connectivity index (χ3v) is 5.35. The molecule has 3 rings (SSSR count). The lowest BCUT2D eigenvalue weighted by Crippen LogP contribution is -2.03. The van der Waals surface area contributed by atoms with Gasteiger partial charge in [0, 0.05) is 23.9 Å². The summed E-state index contributed by atoms with van der Waals surface area (Å²) in [4.78, 5) is 17.3. The van der Waals surface area contributed by atoms with Crippen molar-refractivity contribution in [3.8, 4) is 17.1 Å². The Morgan fingerprint density at radius 3 is 2.64 bits per heavy atom. The van der Waals surface area contributed by atoms with Gasteiger partial charge in [-0.25, -0.2) is 4.84 Å². The minimum absolute atomic E-state index is 0.494. The number of hydrogen-bond acceptors (Lipinski definition) is 6. The van der Waals surface area contributed by atoms with E-state index in [2.05, 4.69) is 17.1 Å². The molecule has 0 spiro atoms. The molecule has 1 heterocycles. The molecule has 0 aliphatic carbocycles. The highest BCUT2D eigenvalue weighted by molar-refractivity contribution is 7.98. The van der Waals surface area contributed by atoms with Crippen molar-refractivity contribution in [2.75, 3.05) is 14.2 Å². The average molecular weight is 399 g/mol. The predicted molar refractivity (Wildman–Crippen MR) is 109 cm³/mol. The normalized spacial score (nSPS) is 10.7. The molecular weight excluding hydrogens is 376 g/mol. The van der Waals surface area contributed by atoms with E-state index < -0.39 is 0 Å². The van der Waals surface area contributed by atoms with Crippen LogP contribution in [0.25, 0.3) is 11.4 Å². The van der Waals surface area contributed by atoms with E-state index in [0.29, 0.717) is 16.4 Å². The van der Waals surface area contributed by atoms with E-state index in [1.54, 1.807) is 13.2 Å². The number of methoxy groups -OCH3 is 1. The van der Waals surface area contributed by atoms with E-state index in [1.165, 1.54) is 18.9 Å². The zero-order valence-electron chi connectivity index (χ0n) is 16.4. The average Bonchev–Trinajstić information content (AvgIpc) is 3.14. The zero-order valence-corrected chi connectivity index (χ0v) is 17.2. The summed E-state index contributed by atoms with van der Waals surface area (Å²) in [6, 6.07) is 13.4. The molecule has 0 fully saturated rings. The number of benzene rings is 2. The quantitative estimate of drug-likeness (QED) is 0.409. The molecular formula is C20H23N4O3S+. The van der Waals surface area contributed by atoms with E-state index >= 15 is 0 Å². The lowest BCUT2D eigenvalue weighted by atomic mass is 10.1. The molecule has 28 heavy (non-hydrogen) atoms. The predicted octanol–water partition coefficient (Wildman–Crippen LogP) is 4.55. The number of para-hydroxylation sites is 1. The van der Waals surface area contributed by atoms with E-state index in [4.69, 9.17) is 9.57 Å². The van der Waals surface area contributed by atoms with Crippen molar-refractivity contribution >= 4 is 17.4 Å². The third kappa shape index (κ3) is 4.01. The van der Waals surface area contributed by atoms with E-state index in [-0.39, 0.29) is 0 Å². The van der Waals surface area contributed by atoms with E-state index in [0.717, 1.165) is 40.0 Å². The van der Waals surface area contributed by atoms with Crippen LogP contribution in [-0.4, -0.2) is 33.9 Å². The second-order valence-corrected chi connectivity index (χ2v) is 7.05. The van der Waals surface area contributed by atoms with E-state index in [9.17, 15) is 4.91 Å². The molecule has 0 saturated carbocycles. The fraction of sp³-hybridized carbons (Fsp3) is 0.300. The molecule has 146 valence electrons. The van der Waals surface area contributed by atoms with Gasteiger partial charge in [-0.3, -0.25) is 0 Å². The smallest absolute Gasteiger partial charge is 0.320 e. The van der Waals surface area contributed by atoms with Crippen LogP contribution in [0.15, 0.2) is 47.6 Å². The number of nitrogens with zero attached hydrogens (tertiary/aromatic N) is 4. The van der Waals surface area contributed by atoms with Gasteiger partial charge in [-0.15, -0.1) is 10.2 Å². The maximum atomic E-state index is 12.0. The molecule has 0 amide bonds.